The van der Waals surface area contributed by atoms with Crippen LogP contribution in [0.25, 0.3) is 23.3 Å². The van der Waals surface area contributed by atoms with Gasteiger partial charge in [0.05, 0.1) is 0 Å². The highest BCUT2D eigenvalue weighted by Gasteiger charge is 2.05. The first-order chi connectivity index (χ1) is 9.65. The molecule has 2 aromatic rings. The molecule has 0 radical (unpaired) electrons. The highest BCUT2D eigenvalue weighted by Crippen LogP contribution is 2.30. The Morgan fingerprint density at radius 3 is 1.45 bits per heavy atom. The molecule has 0 saturated heterocycles. The molecule has 0 amide bonds. The van der Waals surface area contributed by atoms with E-state index in [1.807, 2.05) is 62.4 Å². The lowest BCUT2D eigenvalue weighted by Crippen LogP contribution is -1.83. The van der Waals surface area contributed by atoms with E-state index in [0.717, 1.165) is 22.3 Å². The lowest BCUT2D eigenvalue weighted by molar-refractivity contribution is 0.473. The molecule has 0 aliphatic heterocycles. The molecule has 0 fully saturated rings. The summed E-state index contributed by atoms with van der Waals surface area (Å²) in [6, 6.07) is 11.0. The largest absolute Gasteiger partial charge is 0.507 e. The molecule has 0 saturated carbocycles. The molecule has 0 aromatic heterocycles. The summed E-state index contributed by atoms with van der Waals surface area (Å²) in [5.74, 6) is 0.526. The van der Waals surface area contributed by atoms with Gasteiger partial charge in [0.1, 0.15) is 11.5 Å². The molecule has 20 heavy (non-hydrogen) atoms. The molecule has 0 heterocycles. The number of hydrogen-bond acceptors (Lipinski definition) is 2. The molecule has 2 aromatic carbocycles. The monoisotopic (exact) mass is 266 g/mol. The van der Waals surface area contributed by atoms with Gasteiger partial charge in [0.2, 0.25) is 0 Å². The molecule has 0 bridgehead atoms. The van der Waals surface area contributed by atoms with E-state index in [0.29, 0.717) is 0 Å². The second-order valence-electron chi connectivity index (χ2n) is 4.55. The van der Waals surface area contributed by atoms with E-state index >= 15 is 0 Å². The van der Waals surface area contributed by atoms with Crippen LogP contribution in [-0.4, -0.2) is 10.2 Å². The standard InChI is InChI=1S/C18H18O2/c1-3-5-15-11-13(7-9-17(15)19)14-8-10-18(20)16(12-14)6-4-2/h3-12,19-20H,1-2H3. The van der Waals surface area contributed by atoms with Crippen LogP contribution in [0.3, 0.4) is 0 Å². The van der Waals surface area contributed by atoms with Crippen LogP contribution < -0.4 is 0 Å². The van der Waals surface area contributed by atoms with Gasteiger partial charge >= 0.3 is 0 Å². The molecular weight excluding hydrogens is 248 g/mol. The van der Waals surface area contributed by atoms with Gasteiger partial charge in [-0.1, -0.05) is 36.4 Å². The Labute approximate surface area is 119 Å². The maximum Gasteiger partial charge on any atom is 0.122 e. The first kappa shape index (κ1) is 13.9. The summed E-state index contributed by atoms with van der Waals surface area (Å²) in [6.45, 7) is 3.83. The number of phenols is 2. The Hall–Kier alpha value is -2.48. The zero-order valence-electron chi connectivity index (χ0n) is 11.7. The van der Waals surface area contributed by atoms with Crippen molar-refractivity contribution >= 4 is 12.2 Å². The van der Waals surface area contributed by atoms with E-state index in [4.69, 9.17) is 0 Å². The third kappa shape index (κ3) is 2.91. The number of phenolic OH excluding ortho intramolecular Hbond substituents is 2. The number of rotatable bonds is 3. The number of aromatic hydroxyl groups is 2. The van der Waals surface area contributed by atoms with Crippen molar-refractivity contribution in [2.45, 2.75) is 13.8 Å². The highest BCUT2D eigenvalue weighted by atomic mass is 16.3. The van der Waals surface area contributed by atoms with Crippen LogP contribution in [0.15, 0.2) is 48.6 Å². The molecule has 0 aliphatic rings. The van der Waals surface area contributed by atoms with Gasteiger partial charge in [0.15, 0.2) is 0 Å². The first-order valence-electron chi connectivity index (χ1n) is 6.57. The molecule has 2 heteroatoms. The minimum Gasteiger partial charge on any atom is -0.507 e. The fourth-order valence-corrected chi connectivity index (χ4v) is 2.09. The molecule has 2 N–H and O–H groups in total. The Morgan fingerprint density at radius 1 is 0.700 bits per heavy atom. The smallest absolute Gasteiger partial charge is 0.122 e. The predicted molar refractivity (Wildman–Crippen MR) is 84.6 cm³/mol. The summed E-state index contributed by atoms with van der Waals surface area (Å²) in [4.78, 5) is 0. The van der Waals surface area contributed by atoms with Gasteiger partial charge in [-0.2, -0.15) is 0 Å². The normalized spacial score (nSPS) is 11.5. The van der Waals surface area contributed by atoms with E-state index in [1.54, 1.807) is 12.1 Å². The maximum atomic E-state index is 9.79. The minimum absolute atomic E-state index is 0.263. The molecule has 102 valence electrons. The molecule has 0 atom stereocenters. The quantitative estimate of drug-likeness (QED) is 0.835. The van der Waals surface area contributed by atoms with Gasteiger partial charge in [-0.15, -0.1) is 0 Å². The number of benzene rings is 2. The van der Waals surface area contributed by atoms with Crippen LogP contribution in [0.4, 0.5) is 0 Å². The third-order valence-corrected chi connectivity index (χ3v) is 3.08. The van der Waals surface area contributed by atoms with Gasteiger partial charge in [-0.05, 0) is 49.2 Å². The van der Waals surface area contributed by atoms with Crippen molar-refractivity contribution in [2.75, 3.05) is 0 Å². The van der Waals surface area contributed by atoms with E-state index in [9.17, 15) is 10.2 Å². The minimum atomic E-state index is 0.263. The molecular formula is C18H18O2. The van der Waals surface area contributed by atoms with Crippen LogP contribution in [0.2, 0.25) is 0 Å². The van der Waals surface area contributed by atoms with Gasteiger partial charge in [-0.25, -0.2) is 0 Å². The second-order valence-corrected chi connectivity index (χ2v) is 4.55. The summed E-state index contributed by atoms with van der Waals surface area (Å²) >= 11 is 0. The topological polar surface area (TPSA) is 40.5 Å². The van der Waals surface area contributed by atoms with Crippen LogP contribution in [0.5, 0.6) is 11.5 Å². The summed E-state index contributed by atoms with van der Waals surface area (Å²) in [5.41, 5.74) is 3.57. The number of allylic oxidation sites excluding steroid dienone is 2. The summed E-state index contributed by atoms with van der Waals surface area (Å²) < 4.78 is 0. The van der Waals surface area contributed by atoms with Crippen molar-refractivity contribution in [1.82, 2.24) is 0 Å². The molecule has 2 rings (SSSR count). The molecule has 2 nitrogen and oxygen atoms in total. The predicted octanol–water partition coefficient (Wildman–Crippen LogP) is 4.83. The van der Waals surface area contributed by atoms with Crippen molar-refractivity contribution in [1.29, 1.82) is 0 Å². The van der Waals surface area contributed by atoms with Gasteiger partial charge in [0.25, 0.3) is 0 Å². The summed E-state index contributed by atoms with van der Waals surface area (Å²) in [6.07, 6.45) is 7.51. The average Bonchev–Trinajstić information content (AvgIpc) is 2.44. The van der Waals surface area contributed by atoms with E-state index in [-0.39, 0.29) is 11.5 Å². The third-order valence-electron chi connectivity index (χ3n) is 3.08. The zero-order chi connectivity index (χ0) is 14.5. The van der Waals surface area contributed by atoms with Gasteiger partial charge < -0.3 is 10.2 Å². The summed E-state index contributed by atoms with van der Waals surface area (Å²) in [7, 11) is 0. The molecule has 0 unspecified atom stereocenters. The highest BCUT2D eigenvalue weighted by molar-refractivity contribution is 5.73. The van der Waals surface area contributed by atoms with Gasteiger partial charge in [-0.3, -0.25) is 0 Å². The maximum absolute atomic E-state index is 9.79. The SMILES string of the molecule is CC=Cc1cc(-c2ccc(O)c(C=CC)c2)ccc1O. The average molecular weight is 266 g/mol. The van der Waals surface area contributed by atoms with Crippen LogP contribution >= 0.6 is 0 Å². The van der Waals surface area contributed by atoms with Crippen LogP contribution in [0, 0.1) is 0 Å². The fourth-order valence-electron chi connectivity index (χ4n) is 2.09. The van der Waals surface area contributed by atoms with Crippen molar-refractivity contribution in [2.24, 2.45) is 0 Å². The number of hydrogen-bond donors (Lipinski definition) is 2. The Balaban J connectivity index is 2.51. The van der Waals surface area contributed by atoms with Gasteiger partial charge in [0, 0.05) is 11.1 Å². The lowest BCUT2D eigenvalue weighted by atomic mass is 9.99. The second kappa shape index (κ2) is 6.11. The first-order valence-corrected chi connectivity index (χ1v) is 6.57. The Bertz CT molecular complexity index is 608. The van der Waals surface area contributed by atoms with Crippen molar-refractivity contribution in [3.63, 3.8) is 0 Å². The van der Waals surface area contributed by atoms with Crippen molar-refractivity contribution < 1.29 is 10.2 Å². The Kier molecular flexibility index (Phi) is 4.26. The molecule has 0 spiro atoms. The summed E-state index contributed by atoms with van der Waals surface area (Å²) in [5, 5.41) is 19.6. The van der Waals surface area contributed by atoms with Crippen LogP contribution in [-0.2, 0) is 0 Å². The van der Waals surface area contributed by atoms with Crippen molar-refractivity contribution in [3.05, 3.63) is 59.7 Å². The van der Waals surface area contributed by atoms with Crippen LogP contribution in [0.1, 0.15) is 25.0 Å². The van der Waals surface area contributed by atoms with E-state index in [1.165, 1.54) is 0 Å². The fraction of sp³-hybridized carbons (Fsp3) is 0.111. The van der Waals surface area contributed by atoms with E-state index in [2.05, 4.69) is 0 Å². The molecule has 0 aliphatic carbocycles. The van der Waals surface area contributed by atoms with E-state index < -0.39 is 0 Å². The van der Waals surface area contributed by atoms with Crippen molar-refractivity contribution in [3.8, 4) is 22.6 Å². The Morgan fingerprint density at radius 2 is 1.10 bits per heavy atom. The zero-order valence-corrected chi connectivity index (χ0v) is 11.7. The lowest BCUT2D eigenvalue weighted by Gasteiger charge is -2.07.